The number of carbonyl (C=O) groups is 1. The van der Waals surface area contributed by atoms with E-state index in [-0.39, 0.29) is 12.6 Å². The van der Waals surface area contributed by atoms with E-state index in [4.69, 9.17) is 9.47 Å². The highest BCUT2D eigenvalue weighted by atomic mass is 32.2. The van der Waals surface area contributed by atoms with Crippen molar-refractivity contribution in [1.82, 2.24) is 19.3 Å². The Balaban J connectivity index is 1.43. The predicted molar refractivity (Wildman–Crippen MR) is 132 cm³/mol. The van der Waals surface area contributed by atoms with E-state index in [1.165, 1.54) is 11.8 Å². The number of hydrogen-bond donors (Lipinski definition) is 0. The van der Waals surface area contributed by atoms with Gasteiger partial charge in [0.25, 0.3) is 0 Å². The van der Waals surface area contributed by atoms with Gasteiger partial charge in [-0.2, -0.15) is 0 Å². The molecule has 0 spiro atoms. The van der Waals surface area contributed by atoms with Crippen molar-refractivity contribution in [3.63, 3.8) is 0 Å². The number of aromatic nitrogens is 4. The van der Waals surface area contributed by atoms with Crippen molar-refractivity contribution in [3.8, 4) is 22.9 Å². The largest absolute Gasteiger partial charge is 0.454 e. The molecule has 0 amide bonds. The van der Waals surface area contributed by atoms with E-state index in [2.05, 4.69) is 26.3 Å². The molecule has 1 aliphatic heterocycles. The number of benzene rings is 2. The summed E-state index contributed by atoms with van der Waals surface area (Å²) in [5.41, 5.74) is 4.90. The van der Waals surface area contributed by atoms with Crippen LogP contribution in [0.15, 0.2) is 59.8 Å². The lowest BCUT2D eigenvalue weighted by Gasteiger charge is -2.11. The third kappa shape index (κ3) is 4.21. The topological polar surface area (TPSA) is 71.2 Å². The molecule has 3 heterocycles. The van der Waals surface area contributed by atoms with Gasteiger partial charge in [-0.05, 0) is 44.5 Å². The van der Waals surface area contributed by atoms with Crippen molar-refractivity contribution in [3.05, 3.63) is 77.1 Å². The highest BCUT2D eigenvalue weighted by molar-refractivity contribution is 7.99. The van der Waals surface area contributed by atoms with E-state index in [0.717, 1.165) is 51.9 Å². The molecule has 2 aromatic carbocycles. The van der Waals surface area contributed by atoms with E-state index >= 15 is 0 Å². The first-order valence-electron chi connectivity index (χ1n) is 11.2. The van der Waals surface area contributed by atoms with Gasteiger partial charge in [-0.15, -0.1) is 10.2 Å². The van der Waals surface area contributed by atoms with E-state index in [1.807, 2.05) is 68.4 Å². The highest BCUT2D eigenvalue weighted by Crippen LogP contribution is 2.34. The fourth-order valence-electron chi connectivity index (χ4n) is 4.34. The van der Waals surface area contributed by atoms with Gasteiger partial charge in [0.2, 0.25) is 6.79 Å². The Morgan fingerprint density at radius 2 is 1.79 bits per heavy atom. The van der Waals surface area contributed by atoms with Crippen LogP contribution in [-0.4, -0.2) is 37.7 Å². The van der Waals surface area contributed by atoms with Crippen LogP contribution >= 0.6 is 11.8 Å². The maximum Gasteiger partial charge on any atom is 0.231 e. The van der Waals surface area contributed by atoms with Gasteiger partial charge >= 0.3 is 0 Å². The van der Waals surface area contributed by atoms with Crippen LogP contribution in [0.1, 0.15) is 34.2 Å². The summed E-state index contributed by atoms with van der Waals surface area (Å²) in [6.45, 7) is 7.77. The summed E-state index contributed by atoms with van der Waals surface area (Å²) in [6.07, 6.45) is 0. The smallest absolute Gasteiger partial charge is 0.231 e. The fourth-order valence-corrected chi connectivity index (χ4v) is 5.16. The van der Waals surface area contributed by atoms with Crippen LogP contribution in [0, 0.1) is 13.8 Å². The minimum absolute atomic E-state index is 0.0942. The van der Waals surface area contributed by atoms with Gasteiger partial charge in [-0.3, -0.25) is 9.36 Å². The van der Waals surface area contributed by atoms with Crippen LogP contribution in [0.4, 0.5) is 0 Å². The van der Waals surface area contributed by atoms with Crippen LogP contribution in [0.5, 0.6) is 11.5 Å². The number of fused-ring (bicyclic) bond motifs is 1. The molecule has 0 radical (unpaired) electrons. The molecule has 1 aliphatic rings. The van der Waals surface area contributed by atoms with Gasteiger partial charge in [-0.25, -0.2) is 0 Å². The molecule has 4 aromatic rings. The Hall–Kier alpha value is -3.52. The molecule has 0 unspecified atom stereocenters. The molecule has 5 rings (SSSR count). The zero-order chi connectivity index (χ0) is 23.7. The Kier molecular flexibility index (Phi) is 6.15. The molecule has 0 bridgehead atoms. The van der Waals surface area contributed by atoms with E-state index in [0.29, 0.717) is 17.5 Å². The van der Waals surface area contributed by atoms with Crippen molar-refractivity contribution in [2.45, 2.75) is 39.0 Å². The van der Waals surface area contributed by atoms with Crippen molar-refractivity contribution in [1.29, 1.82) is 0 Å². The number of Topliss-reactive ketones (excluding diaryl/α,β-unsaturated/α-hetero) is 1. The number of ketones is 1. The van der Waals surface area contributed by atoms with Gasteiger partial charge < -0.3 is 14.0 Å². The Morgan fingerprint density at radius 1 is 1.00 bits per heavy atom. The van der Waals surface area contributed by atoms with Crippen molar-refractivity contribution >= 4 is 17.5 Å². The minimum atomic E-state index is 0.0942. The van der Waals surface area contributed by atoms with Crippen LogP contribution in [-0.2, 0) is 13.1 Å². The molecule has 0 saturated carbocycles. The number of thioether (sulfide) groups is 1. The Labute approximate surface area is 202 Å². The molecule has 174 valence electrons. The normalized spacial score (nSPS) is 12.3. The second-order valence-corrected chi connectivity index (χ2v) is 9.13. The number of hydrogen-bond acceptors (Lipinski definition) is 6. The average molecular weight is 475 g/mol. The molecular weight excluding hydrogens is 448 g/mol. The number of rotatable bonds is 8. The fraction of sp³-hybridized carbons (Fsp3) is 0.269. The number of carbonyl (C=O) groups excluding carboxylic acids is 1. The summed E-state index contributed by atoms with van der Waals surface area (Å²) < 4.78 is 15.2. The van der Waals surface area contributed by atoms with E-state index in [9.17, 15) is 4.79 Å². The third-order valence-corrected chi connectivity index (χ3v) is 7.02. The second-order valence-electron chi connectivity index (χ2n) is 8.19. The Bertz CT molecular complexity index is 1340. The van der Waals surface area contributed by atoms with Crippen molar-refractivity contribution < 1.29 is 14.3 Å². The van der Waals surface area contributed by atoms with Gasteiger partial charge in [0.05, 0.1) is 12.3 Å². The predicted octanol–water partition coefficient (Wildman–Crippen LogP) is 5.14. The number of nitrogens with zero attached hydrogens (tertiary/aromatic N) is 4. The first kappa shape index (κ1) is 22.3. The van der Waals surface area contributed by atoms with Crippen LogP contribution in [0.25, 0.3) is 11.4 Å². The monoisotopic (exact) mass is 474 g/mol. The summed E-state index contributed by atoms with van der Waals surface area (Å²) in [4.78, 5) is 13.1. The molecule has 0 atom stereocenters. The number of ether oxygens (including phenoxy) is 2. The summed E-state index contributed by atoms with van der Waals surface area (Å²) in [5, 5.41) is 9.63. The van der Waals surface area contributed by atoms with Gasteiger partial charge in [0.1, 0.15) is 0 Å². The van der Waals surface area contributed by atoms with E-state index in [1.54, 1.807) is 0 Å². The summed E-state index contributed by atoms with van der Waals surface area (Å²) >= 11 is 1.42. The zero-order valence-electron chi connectivity index (χ0n) is 19.4. The quantitative estimate of drug-likeness (QED) is 0.260. The molecule has 2 aromatic heterocycles. The lowest BCUT2D eigenvalue weighted by atomic mass is 10.2. The van der Waals surface area contributed by atoms with Crippen LogP contribution in [0.2, 0.25) is 0 Å². The molecular formula is C26H26N4O3S. The number of aryl methyl sites for hydroxylation is 1. The van der Waals surface area contributed by atoms with E-state index < -0.39 is 0 Å². The Morgan fingerprint density at radius 3 is 2.56 bits per heavy atom. The lowest BCUT2D eigenvalue weighted by molar-refractivity contribution is 0.102. The van der Waals surface area contributed by atoms with Gasteiger partial charge in [-0.1, -0.05) is 48.2 Å². The summed E-state index contributed by atoms with van der Waals surface area (Å²) in [7, 11) is 0. The molecule has 34 heavy (non-hydrogen) atoms. The minimum Gasteiger partial charge on any atom is -0.454 e. The first-order valence-corrected chi connectivity index (χ1v) is 12.2. The van der Waals surface area contributed by atoms with Crippen molar-refractivity contribution in [2.24, 2.45) is 0 Å². The molecule has 0 fully saturated rings. The SMILES string of the molecule is CCn1c(C)cc(C(=O)CSc2nnc(-c3ccccc3)n2Cc2ccc3c(c2)OCO3)c1C. The molecule has 0 aliphatic carbocycles. The molecule has 0 saturated heterocycles. The lowest BCUT2D eigenvalue weighted by Crippen LogP contribution is -2.08. The zero-order valence-corrected chi connectivity index (χ0v) is 20.3. The van der Waals surface area contributed by atoms with Crippen LogP contribution in [0.3, 0.4) is 0 Å². The highest BCUT2D eigenvalue weighted by Gasteiger charge is 2.20. The van der Waals surface area contributed by atoms with Crippen molar-refractivity contribution in [2.75, 3.05) is 12.5 Å². The van der Waals surface area contributed by atoms with Gasteiger partial charge in [0.15, 0.2) is 28.3 Å². The first-order chi connectivity index (χ1) is 16.5. The second kappa shape index (κ2) is 9.38. The van der Waals surface area contributed by atoms with Gasteiger partial charge in [0, 0.05) is 29.1 Å². The average Bonchev–Trinajstić information content (AvgIpc) is 3.55. The van der Waals surface area contributed by atoms with Crippen LogP contribution < -0.4 is 9.47 Å². The summed E-state index contributed by atoms with van der Waals surface area (Å²) in [5.74, 6) is 2.64. The summed E-state index contributed by atoms with van der Waals surface area (Å²) in [6, 6.07) is 17.9. The maximum atomic E-state index is 13.1. The standard InChI is InChI=1S/C26H26N4O3S/c1-4-29-17(2)12-21(18(29)3)22(31)15-34-26-28-27-25(20-8-6-5-7-9-20)30(26)14-19-10-11-23-24(13-19)33-16-32-23/h5-13H,4,14-16H2,1-3H3. The molecule has 0 N–H and O–H groups in total. The maximum absolute atomic E-state index is 13.1. The third-order valence-electron chi connectivity index (χ3n) is 6.05. The molecule has 7 nitrogen and oxygen atoms in total. The molecule has 8 heteroatoms.